The van der Waals surface area contributed by atoms with Crippen LogP contribution >= 0.6 is 0 Å². The zero-order valence-corrected chi connectivity index (χ0v) is 16.2. The van der Waals surface area contributed by atoms with E-state index < -0.39 is 0 Å². The van der Waals surface area contributed by atoms with Crippen molar-refractivity contribution in [3.05, 3.63) is 77.9 Å². The SMILES string of the molecule is C[C@H](NC(=O)C[NH+]1CC[NH+](C/C=C/c2ccccc2)CC1)c1ccccc1. The van der Waals surface area contributed by atoms with Gasteiger partial charge in [0, 0.05) is 0 Å². The maximum atomic E-state index is 12.4. The van der Waals surface area contributed by atoms with Gasteiger partial charge in [-0.1, -0.05) is 66.7 Å². The summed E-state index contributed by atoms with van der Waals surface area (Å²) in [6.45, 7) is 8.03. The summed E-state index contributed by atoms with van der Waals surface area (Å²) in [5.41, 5.74) is 2.41. The fourth-order valence-electron chi connectivity index (χ4n) is 3.61. The lowest BCUT2D eigenvalue weighted by Crippen LogP contribution is -3.28. The van der Waals surface area contributed by atoms with E-state index in [-0.39, 0.29) is 11.9 Å². The molecule has 0 bridgehead atoms. The standard InChI is InChI=1S/C23H29N3O/c1-20(22-12-6-3-7-13-22)24-23(27)19-26-17-15-25(16-18-26)14-8-11-21-9-4-2-5-10-21/h2-13,20H,14-19H2,1H3,(H,24,27)/p+2/b11-8+/t20-/m0/s1. The molecule has 0 saturated carbocycles. The Morgan fingerprint density at radius 2 is 1.56 bits per heavy atom. The second kappa shape index (κ2) is 10.0. The summed E-state index contributed by atoms with van der Waals surface area (Å²) in [4.78, 5) is 15.3. The first kappa shape index (κ1) is 19.3. The van der Waals surface area contributed by atoms with E-state index in [1.807, 2.05) is 31.2 Å². The molecule has 0 radical (unpaired) electrons. The minimum absolute atomic E-state index is 0.0631. The van der Waals surface area contributed by atoms with E-state index in [2.05, 4.69) is 53.9 Å². The van der Waals surface area contributed by atoms with Crippen LogP contribution in [-0.4, -0.2) is 45.2 Å². The number of amides is 1. The van der Waals surface area contributed by atoms with E-state index in [1.54, 1.807) is 4.90 Å². The normalized spacial score (nSPS) is 21.1. The van der Waals surface area contributed by atoms with Gasteiger partial charge in [-0.05, 0) is 24.1 Å². The molecule has 4 heteroatoms. The van der Waals surface area contributed by atoms with Crippen molar-refractivity contribution in [2.45, 2.75) is 13.0 Å². The van der Waals surface area contributed by atoms with E-state index in [4.69, 9.17) is 0 Å². The van der Waals surface area contributed by atoms with Gasteiger partial charge < -0.3 is 15.1 Å². The summed E-state index contributed by atoms with van der Waals surface area (Å²) in [5.74, 6) is 0.147. The predicted molar refractivity (Wildman–Crippen MR) is 110 cm³/mol. The maximum absolute atomic E-state index is 12.4. The van der Waals surface area contributed by atoms with Crippen LogP contribution in [0.3, 0.4) is 0 Å². The van der Waals surface area contributed by atoms with Crippen LogP contribution in [0.1, 0.15) is 24.1 Å². The van der Waals surface area contributed by atoms with Gasteiger partial charge in [0.05, 0.1) is 12.6 Å². The smallest absolute Gasteiger partial charge is 0.275 e. The van der Waals surface area contributed by atoms with Gasteiger partial charge >= 0.3 is 0 Å². The average Bonchev–Trinajstić information content (AvgIpc) is 2.71. The lowest BCUT2D eigenvalue weighted by molar-refractivity contribution is -1.01. The van der Waals surface area contributed by atoms with Gasteiger partial charge in [0.15, 0.2) is 6.54 Å². The summed E-state index contributed by atoms with van der Waals surface area (Å²) in [6.07, 6.45) is 4.47. The van der Waals surface area contributed by atoms with Gasteiger partial charge in [0.1, 0.15) is 26.2 Å². The highest BCUT2D eigenvalue weighted by atomic mass is 16.2. The molecule has 0 aliphatic carbocycles. The highest BCUT2D eigenvalue weighted by molar-refractivity contribution is 5.77. The highest BCUT2D eigenvalue weighted by Crippen LogP contribution is 2.10. The van der Waals surface area contributed by atoms with Crippen LogP contribution in [-0.2, 0) is 4.79 Å². The summed E-state index contributed by atoms with van der Waals surface area (Å²) >= 11 is 0. The monoisotopic (exact) mass is 365 g/mol. The van der Waals surface area contributed by atoms with Crippen LogP contribution < -0.4 is 15.1 Å². The molecule has 1 atom stereocenters. The molecule has 1 fully saturated rings. The Kier molecular flexibility index (Phi) is 7.19. The number of quaternary nitrogens is 2. The van der Waals surface area contributed by atoms with Crippen LogP contribution in [0.25, 0.3) is 6.08 Å². The molecule has 142 valence electrons. The fourth-order valence-corrected chi connectivity index (χ4v) is 3.61. The van der Waals surface area contributed by atoms with Crippen molar-refractivity contribution in [2.75, 3.05) is 39.3 Å². The van der Waals surface area contributed by atoms with Crippen molar-refractivity contribution < 1.29 is 14.6 Å². The van der Waals surface area contributed by atoms with Crippen LogP contribution in [0.4, 0.5) is 0 Å². The number of carbonyl (C=O) groups excluding carboxylic acids is 1. The average molecular weight is 366 g/mol. The lowest BCUT2D eigenvalue weighted by atomic mass is 10.1. The molecular formula is C23H31N3O+2. The summed E-state index contributed by atoms with van der Waals surface area (Å²) in [5, 5.41) is 3.13. The molecule has 1 heterocycles. The Hall–Kier alpha value is -2.43. The van der Waals surface area contributed by atoms with Gasteiger partial charge in [0.2, 0.25) is 0 Å². The van der Waals surface area contributed by atoms with Crippen LogP contribution in [0.5, 0.6) is 0 Å². The van der Waals surface area contributed by atoms with Crippen molar-refractivity contribution in [1.29, 1.82) is 0 Å². The van der Waals surface area contributed by atoms with Gasteiger partial charge in [-0.25, -0.2) is 0 Å². The third-order valence-electron chi connectivity index (χ3n) is 5.27. The first-order chi connectivity index (χ1) is 13.2. The Labute approximate surface area is 162 Å². The number of piperazine rings is 1. The third-order valence-corrected chi connectivity index (χ3v) is 5.27. The van der Waals surface area contributed by atoms with Gasteiger partial charge in [-0.15, -0.1) is 0 Å². The number of rotatable bonds is 7. The van der Waals surface area contributed by atoms with Crippen LogP contribution in [0.15, 0.2) is 66.7 Å². The number of hydrogen-bond donors (Lipinski definition) is 3. The Bertz CT molecular complexity index is 722. The molecule has 2 aromatic carbocycles. The van der Waals surface area contributed by atoms with E-state index in [0.29, 0.717) is 6.54 Å². The summed E-state index contributed by atoms with van der Waals surface area (Å²) < 4.78 is 0. The van der Waals surface area contributed by atoms with Crippen molar-refractivity contribution in [3.8, 4) is 0 Å². The summed E-state index contributed by atoms with van der Waals surface area (Å²) in [7, 11) is 0. The molecule has 1 aliphatic rings. The molecule has 0 unspecified atom stereocenters. The molecule has 1 aliphatic heterocycles. The highest BCUT2D eigenvalue weighted by Gasteiger charge is 2.24. The Balaban J connectivity index is 1.36. The molecule has 3 N–H and O–H groups in total. The van der Waals surface area contributed by atoms with Crippen LogP contribution in [0.2, 0.25) is 0 Å². The van der Waals surface area contributed by atoms with Crippen LogP contribution in [0, 0.1) is 0 Å². The minimum Gasteiger partial charge on any atom is -0.345 e. The quantitative estimate of drug-likeness (QED) is 0.651. The molecule has 1 amide bonds. The van der Waals surface area contributed by atoms with E-state index in [1.165, 1.54) is 10.5 Å². The lowest BCUT2D eigenvalue weighted by Gasteiger charge is -2.29. The number of hydrogen-bond acceptors (Lipinski definition) is 1. The molecule has 3 rings (SSSR count). The second-order valence-corrected chi connectivity index (χ2v) is 7.39. The molecular weight excluding hydrogens is 334 g/mol. The predicted octanol–water partition coefficient (Wildman–Crippen LogP) is 0.361. The van der Waals surface area contributed by atoms with E-state index in [9.17, 15) is 4.79 Å². The Morgan fingerprint density at radius 3 is 2.22 bits per heavy atom. The number of nitrogens with one attached hydrogen (secondary N) is 3. The Morgan fingerprint density at radius 1 is 0.963 bits per heavy atom. The number of carbonyl (C=O) groups is 1. The number of benzene rings is 2. The molecule has 0 spiro atoms. The molecule has 0 aromatic heterocycles. The largest absolute Gasteiger partial charge is 0.345 e. The van der Waals surface area contributed by atoms with Gasteiger partial charge in [0.25, 0.3) is 5.91 Å². The molecule has 4 nitrogen and oxygen atoms in total. The van der Waals surface area contributed by atoms with E-state index >= 15 is 0 Å². The molecule has 27 heavy (non-hydrogen) atoms. The topological polar surface area (TPSA) is 38.0 Å². The minimum atomic E-state index is 0.0631. The van der Waals surface area contributed by atoms with Crippen molar-refractivity contribution in [2.24, 2.45) is 0 Å². The first-order valence-electron chi connectivity index (χ1n) is 9.94. The third kappa shape index (κ3) is 6.35. The zero-order valence-electron chi connectivity index (χ0n) is 16.2. The molecule has 2 aromatic rings. The summed E-state index contributed by atoms with van der Waals surface area (Å²) in [6, 6.07) is 20.6. The van der Waals surface area contributed by atoms with Gasteiger partial charge in [-0.2, -0.15) is 0 Å². The maximum Gasteiger partial charge on any atom is 0.275 e. The van der Waals surface area contributed by atoms with E-state index in [0.717, 1.165) is 38.3 Å². The zero-order chi connectivity index (χ0) is 18.9. The van der Waals surface area contributed by atoms with Crippen molar-refractivity contribution in [1.82, 2.24) is 5.32 Å². The van der Waals surface area contributed by atoms with Crippen molar-refractivity contribution in [3.63, 3.8) is 0 Å². The van der Waals surface area contributed by atoms with Gasteiger partial charge in [-0.3, -0.25) is 4.79 Å². The fraction of sp³-hybridized carbons (Fsp3) is 0.348. The second-order valence-electron chi connectivity index (χ2n) is 7.39. The van der Waals surface area contributed by atoms with Crippen molar-refractivity contribution >= 4 is 12.0 Å². The first-order valence-corrected chi connectivity index (χ1v) is 9.94. The molecule has 1 saturated heterocycles.